The molecule has 0 spiro atoms. The van der Waals surface area contributed by atoms with Crippen molar-refractivity contribution in [2.75, 3.05) is 10.6 Å². The molecule has 31 heavy (non-hydrogen) atoms. The van der Waals surface area contributed by atoms with E-state index in [1.54, 1.807) is 55.8 Å². The fourth-order valence-corrected chi connectivity index (χ4v) is 3.72. The first kappa shape index (κ1) is 20.3. The van der Waals surface area contributed by atoms with E-state index in [2.05, 4.69) is 20.6 Å². The van der Waals surface area contributed by atoms with Gasteiger partial charge in [0, 0.05) is 18.6 Å². The zero-order valence-electron chi connectivity index (χ0n) is 16.5. The molecule has 4 aromatic heterocycles. The summed E-state index contributed by atoms with van der Waals surface area (Å²) in [7, 11) is 0. The van der Waals surface area contributed by atoms with Gasteiger partial charge in [0.2, 0.25) is 0 Å². The molecule has 0 aliphatic carbocycles. The van der Waals surface area contributed by atoms with Gasteiger partial charge in [-0.25, -0.2) is 4.98 Å². The van der Waals surface area contributed by atoms with Gasteiger partial charge in [-0.05, 0) is 60.5 Å². The monoisotopic (exact) mass is 434 g/mol. The lowest BCUT2D eigenvalue weighted by Crippen LogP contribution is -2.13. The first-order valence-corrected chi connectivity index (χ1v) is 10.1. The summed E-state index contributed by atoms with van der Waals surface area (Å²) in [6, 6.07) is 12.1. The van der Waals surface area contributed by atoms with Crippen molar-refractivity contribution in [1.29, 1.82) is 0 Å². The minimum atomic E-state index is -0.380. The lowest BCUT2D eigenvalue weighted by atomic mass is 10.2. The van der Waals surface area contributed by atoms with E-state index in [0.29, 0.717) is 28.1 Å². The van der Waals surface area contributed by atoms with Crippen molar-refractivity contribution in [3.05, 3.63) is 89.1 Å². The zero-order valence-corrected chi connectivity index (χ0v) is 17.3. The average molecular weight is 434 g/mol. The third-order valence-electron chi connectivity index (χ3n) is 4.25. The second-order valence-electron chi connectivity index (χ2n) is 6.50. The van der Waals surface area contributed by atoms with Gasteiger partial charge in [0.25, 0.3) is 11.8 Å². The Morgan fingerprint density at radius 1 is 1.06 bits per heavy atom. The Morgan fingerprint density at radius 3 is 2.68 bits per heavy atom. The molecule has 2 N–H and O–H groups in total. The van der Waals surface area contributed by atoms with Crippen molar-refractivity contribution in [3.63, 3.8) is 0 Å². The molecule has 4 rings (SSSR count). The van der Waals surface area contributed by atoms with E-state index in [1.807, 2.05) is 12.1 Å². The highest BCUT2D eigenvalue weighted by molar-refractivity contribution is 7.18. The van der Waals surface area contributed by atoms with E-state index in [4.69, 9.17) is 9.15 Å². The minimum absolute atomic E-state index is 0.196. The number of nitrogens with zero attached hydrogens (tertiary/aromatic N) is 2. The molecule has 0 fully saturated rings. The van der Waals surface area contributed by atoms with E-state index in [1.165, 1.54) is 17.6 Å². The molecule has 0 aromatic carbocycles. The van der Waals surface area contributed by atoms with Gasteiger partial charge in [0.15, 0.2) is 17.3 Å². The molecule has 4 heterocycles. The van der Waals surface area contributed by atoms with Crippen molar-refractivity contribution in [2.24, 2.45) is 0 Å². The van der Waals surface area contributed by atoms with Crippen molar-refractivity contribution < 1.29 is 18.7 Å². The number of ether oxygens (including phenoxy) is 1. The van der Waals surface area contributed by atoms with E-state index >= 15 is 0 Å². The average Bonchev–Trinajstić information content (AvgIpc) is 3.44. The summed E-state index contributed by atoms with van der Waals surface area (Å²) in [6.07, 6.45) is 6.37. The Kier molecular flexibility index (Phi) is 6.04. The van der Waals surface area contributed by atoms with Gasteiger partial charge in [-0.2, -0.15) is 0 Å². The summed E-state index contributed by atoms with van der Waals surface area (Å²) in [5, 5.41) is 6.07. The van der Waals surface area contributed by atoms with Crippen LogP contribution < -0.4 is 15.4 Å². The number of furan rings is 1. The predicted octanol–water partition coefficient (Wildman–Crippen LogP) is 4.52. The minimum Gasteiger partial charge on any atom is -0.485 e. The number of nitrogens with one attached hydrogen (secondary N) is 2. The number of carbonyl (C=O) groups is 2. The quantitative estimate of drug-likeness (QED) is 0.443. The summed E-state index contributed by atoms with van der Waals surface area (Å²) in [6.45, 7) is 2.12. The van der Waals surface area contributed by atoms with Crippen LogP contribution in [0, 0.1) is 6.92 Å². The van der Waals surface area contributed by atoms with Crippen LogP contribution in [0.5, 0.6) is 5.75 Å². The second-order valence-corrected chi connectivity index (χ2v) is 7.55. The number of rotatable bonds is 7. The Morgan fingerprint density at radius 2 is 1.90 bits per heavy atom. The molecule has 0 bridgehead atoms. The van der Waals surface area contributed by atoms with Crippen molar-refractivity contribution >= 4 is 34.0 Å². The van der Waals surface area contributed by atoms with Crippen LogP contribution in [-0.2, 0) is 6.61 Å². The molecule has 9 heteroatoms. The molecule has 8 nitrogen and oxygen atoms in total. The molecule has 4 aromatic rings. The molecule has 0 radical (unpaired) electrons. The van der Waals surface area contributed by atoms with Crippen LogP contribution in [0.2, 0.25) is 0 Å². The second kappa shape index (κ2) is 9.23. The molecule has 0 aliphatic rings. The number of hydrogen-bond donors (Lipinski definition) is 2. The summed E-state index contributed by atoms with van der Waals surface area (Å²) in [4.78, 5) is 33.7. The summed E-state index contributed by atoms with van der Waals surface area (Å²) in [5.41, 5.74) is 1.68. The molecule has 2 amide bonds. The number of amides is 2. The number of pyridine rings is 2. The summed E-state index contributed by atoms with van der Waals surface area (Å²) < 4.78 is 10.9. The highest BCUT2D eigenvalue weighted by Gasteiger charge is 2.18. The molecular weight excluding hydrogens is 416 g/mol. The normalized spacial score (nSPS) is 10.5. The number of anilines is 2. The van der Waals surface area contributed by atoms with Crippen LogP contribution in [0.15, 0.2) is 71.7 Å². The molecule has 0 aliphatic heterocycles. The Labute approximate surface area is 181 Å². The maximum Gasteiger partial charge on any atom is 0.291 e. The highest BCUT2D eigenvalue weighted by atomic mass is 32.1. The fourth-order valence-electron chi connectivity index (χ4n) is 2.76. The Bertz CT molecular complexity index is 1190. The molecule has 156 valence electrons. The van der Waals surface area contributed by atoms with Crippen LogP contribution in [0.3, 0.4) is 0 Å². The van der Waals surface area contributed by atoms with Crippen LogP contribution in [-0.4, -0.2) is 21.8 Å². The standard InChI is InChI=1S/C22H18N4O4S/c1-14-12-18(25-21(27)17-5-3-11-29-17)31-19(14)22(28)26-20-16(4-2-8-24-20)30-13-15-6-9-23-10-7-15/h2-12H,13H2,1H3,(H,25,27)(H,24,26,28). The van der Waals surface area contributed by atoms with Crippen molar-refractivity contribution in [3.8, 4) is 5.75 Å². The Balaban J connectivity index is 1.45. The van der Waals surface area contributed by atoms with E-state index < -0.39 is 0 Å². The number of aromatic nitrogens is 2. The van der Waals surface area contributed by atoms with Gasteiger partial charge in [-0.3, -0.25) is 14.6 Å². The number of aryl methyl sites for hydroxylation is 1. The first-order valence-electron chi connectivity index (χ1n) is 9.33. The zero-order chi connectivity index (χ0) is 21.6. The van der Waals surface area contributed by atoms with Crippen molar-refractivity contribution in [2.45, 2.75) is 13.5 Å². The molecule has 0 unspecified atom stereocenters. The van der Waals surface area contributed by atoms with E-state index in [0.717, 1.165) is 11.1 Å². The SMILES string of the molecule is Cc1cc(NC(=O)c2ccco2)sc1C(=O)Nc1ncccc1OCc1ccncc1. The third kappa shape index (κ3) is 4.96. The fraction of sp³-hybridized carbons (Fsp3) is 0.0909. The van der Waals surface area contributed by atoms with Gasteiger partial charge in [0.1, 0.15) is 6.61 Å². The number of thiophene rings is 1. The van der Waals surface area contributed by atoms with Crippen LogP contribution in [0.4, 0.5) is 10.8 Å². The lowest BCUT2D eigenvalue weighted by Gasteiger charge is -2.11. The van der Waals surface area contributed by atoms with Gasteiger partial charge >= 0.3 is 0 Å². The smallest absolute Gasteiger partial charge is 0.291 e. The third-order valence-corrected chi connectivity index (χ3v) is 5.40. The van der Waals surface area contributed by atoms with Gasteiger partial charge in [-0.1, -0.05) is 0 Å². The Hall–Kier alpha value is -3.98. The van der Waals surface area contributed by atoms with Crippen molar-refractivity contribution in [1.82, 2.24) is 9.97 Å². The van der Waals surface area contributed by atoms with E-state index in [-0.39, 0.29) is 17.6 Å². The van der Waals surface area contributed by atoms with Gasteiger partial charge in [0.05, 0.1) is 16.1 Å². The molecular formula is C22H18N4O4S. The number of carbonyl (C=O) groups excluding carboxylic acids is 2. The maximum atomic E-state index is 12.9. The van der Waals surface area contributed by atoms with Gasteiger partial charge in [-0.15, -0.1) is 11.3 Å². The summed E-state index contributed by atoms with van der Waals surface area (Å²) >= 11 is 1.17. The highest BCUT2D eigenvalue weighted by Crippen LogP contribution is 2.29. The molecule has 0 saturated carbocycles. The topological polar surface area (TPSA) is 106 Å². The molecule has 0 atom stereocenters. The van der Waals surface area contributed by atoms with Crippen LogP contribution in [0.1, 0.15) is 31.4 Å². The van der Waals surface area contributed by atoms with Gasteiger partial charge < -0.3 is 19.8 Å². The first-order chi connectivity index (χ1) is 15.1. The lowest BCUT2D eigenvalue weighted by molar-refractivity contribution is 0.0995. The van der Waals surface area contributed by atoms with Crippen LogP contribution in [0.25, 0.3) is 0 Å². The maximum absolute atomic E-state index is 12.9. The van der Waals surface area contributed by atoms with E-state index in [9.17, 15) is 9.59 Å². The molecule has 0 saturated heterocycles. The number of hydrogen-bond acceptors (Lipinski definition) is 7. The largest absolute Gasteiger partial charge is 0.485 e. The predicted molar refractivity (Wildman–Crippen MR) is 116 cm³/mol. The summed E-state index contributed by atoms with van der Waals surface area (Å²) in [5.74, 6) is 0.244. The van der Waals surface area contributed by atoms with Crippen LogP contribution >= 0.6 is 11.3 Å².